The van der Waals surface area contributed by atoms with Crippen LogP contribution in [0.5, 0.6) is 0 Å². The van der Waals surface area contributed by atoms with Gasteiger partial charge in [0.25, 0.3) is 0 Å². The molecule has 1 saturated heterocycles. The highest BCUT2D eigenvalue weighted by atomic mass is 31.2. The Bertz CT molecular complexity index is 352. The number of rotatable bonds is 5. The summed E-state index contributed by atoms with van der Waals surface area (Å²) < 4.78 is 15.1. The lowest BCUT2D eigenvalue weighted by atomic mass is 10.2. The summed E-state index contributed by atoms with van der Waals surface area (Å²) in [5.41, 5.74) is 0. The fourth-order valence-corrected chi connectivity index (χ4v) is 1.66. The molecule has 20 heavy (non-hydrogen) atoms. The Hall–Kier alpha value is -0.540. The Morgan fingerprint density at radius 2 is 1.95 bits per heavy atom. The highest BCUT2D eigenvalue weighted by Crippen LogP contribution is 2.35. The zero-order valence-electron chi connectivity index (χ0n) is 11.9. The third-order valence-corrected chi connectivity index (χ3v) is 2.95. The number of hydrogen-bond acceptors (Lipinski definition) is 5. The number of carboxylic acid groups (broad SMARTS) is 1. The van der Waals surface area contributed by atoms with Gasteiger partial charge in [-0.25, -0.2) is 4.57 Å². The molecule has 0 aromatic carbocycles. The average molecular weight is 315 g/mol. The minimum Gasteiger partial charge on any atom is -0.480 e. The number of nitrogens with one attached hydrogen (secondary N) is 1. The van der Waals surface area contributed by atoms with Gasteiger partial charge >= 0.3 is 13.8 Å². The Morgan fingerprint density at radius 3 is 2.20 bits per heavy atom. The predicted octanol–water partition coefficient (Wildman–Crippen LogP) is -1.40. The molecule has 0 aliphatic carbocycles. The molecule has 1 aliphatic rings. The van der Waals surface area contributed by atoms with Crippen LogP contribution in [0.1, 0.15) is 6.42 Å². The normalized spacial score (nSPS) is 23.1. The zero-order chi connectivity index (χ0) is 16.0. The fraction of sp³-hybridized carbons (Fsp3) is 0.900. The van der Waals surface area contributed by atoms with Crippen molar-refractivity contribution < 1.29 is 38.4 Å². The Kier molecular flexibility index (Phi) is 7.82. The second kappa shape index (κ2) is 8.04. The molecule has 2 atom stereocenters. The van der Waals surface area contributed by atoms with Crippen LogP contribution < -0.4 is 5.32 Å². The lowest BCUT2D eigenvalue weighted by Gasteiger charge is -2.23. The van der Waals surface area contributed by atoms with Crippen LogP contribution in [-0.4, -0.2) is 83.4 Å². The summed E-state index contributed by atoms with van der Waals surface area (Å²) in [6, 6.07) is -0.542. The molecule has 10 heteroatoms. The Labute approximate surface area is 118 Å². The van der Waals surface area contributed by atoms with Gasteiger partial charge in [-0.3, -0.25) is 9.32 Å². The number of phosphoric ester groups is 1. The third-order valence-electron chi connectivity index (χ3n) is 2.43. The molecule has 0 radical (unpaired) electrons. The second-order valence-electron chi connectivity index (χ2n) is 5.53. The molecular weight excluding hydrogens is 291 g/mol. The topological polar surface area (TPSA) is 136 Å². The maximum absolute atomic E-state index is 10.2. The largest absolute Gasteiger partial charge is 0.480 e. The van der Waals surface area contributed by atoms with Crippen molar-refractivity contribution in [2.24, 2.45) is 0 Å². The van der Waals surface area contributed by atoms with Gasteiger partial charge in [0.1, 0.15) is 19.2 Å². The Morgan fingerprint density at radius 1 is 1.40 bits per heavy atom. The monoisotopic (exact) mass is 315 g/mol. The number of likely N-dealkylation sites (N-methyl/N-ethyl adjacent to an activating group) is 1. The van der Waals surface area contributed by atoms with E-state index in [4.69, 9.17) is 20.0 Å². The first-order valence-corrected chi connectivity index (χ1v) is 7.58. The number of nitrogens with zero attached hydrogens (tertiary/aromatic N) is 1. The summed E-state index contributed by atoms with van der Waals surface area (Å²) in [6.07, 6.45) is -0.152. The van der Waals surface area contributed by atoms with Crippen LogP contribution >= 0.6 is 7.82 Å². The van der Waals surface area contributed by atoms with Crippen LogP contribution in [0.3, 0.4) is 0 Å². The SMILES string of the molecule is C[N+](C)(C)CCOP(=O)(O)O.O=C(O)[C@@H]1C[C@@H](O)CN1. The van der Waals surface area contributed by atoms with Gasteiger partial charge in [0.15, 0.2) is 0 Å². The summed E-state index contributed by atoms with van der Waals surface area (Å²) >= 11 is 0. The van der Waals surface area contributed by atoms with Gasteiger partial charge in [0.05, 0.1) is 27.2 Å². The van der Waals surface area contributed by atoms with E-state index in [1.54, 1.807) is 0 Å². The van der Waals surface area contributed by atoms with E-state index < -0.39 is 25.9 Å². The minimum absolute atomic E-state index is 0.0772. The number of β-amino-alcohol motifs (C(OH)–C–C–N with tert-alkyl or cyclic N) is 1. The molecular formula is C10H24N2O7P+. The van der Waals surface area contributed by atoms with Crippen molar-refractivity contribution in [2.45, 2.75) is 18.6 Å². The summed E-state index contributed by atoms with van der Waals surface area (Å²) in [5.74, 6) is -0.883. The van der Waals surface area contributed by atoms with Gasteiger partial charge < -0.3 is 29.8 Å². The molecule has 1 heterocycles. The van der Waals surface area contributed by atoms with Crippen LogP contribution in [0.25, 0.3) is 0 Å². The van der Waals surface area contributed by atoms with Gasteiger partial charge in [0, 0.05) is 13.0 Å². The molecule has 0 spiro atoms. The van der Waals surface area contributed by atoms with E-state index in [9.17, 15) is 9.36 Å². The molecule has 0 amide bonds. The van der Waals surface area contributed by atoms with Crippen LogP contribution in [0.15, 0.2) is 0 Å². The molecule has 1 fully saturated rings. The predicted molar refractivity (Wildman–Crippen MR) is 70.9 cm³/mol. The molecule has 0 unspecified atom stereocenters. The molecule has 9 nitrogen and oxygen atoms in total. The van der Waals surface area contributed by atoms with Crippen molar-refractivity contribution in [3.63, 3.8) is 0 Å². The summed E-state index contributed by atoms with van der Waals surface area (Å²) in [6.45, 7) is 1.05. The van der Waals surface area contributed by atoms with Gasteiger partial charge in [-0.05, 0) is 0 Å². The zero-order valence-corrected chi connectivity index (χ0v) is 12.8. The van der Waals surface area contributed by atoms with E-state index >= 15 is 0 Å². The van der Waals surface area contributed by atoms with Crippen molar-refractivity contribution in [2.75, 3.05) is 40.8 Å². The molecule has 0 saturated carbocycles. The molecule has 1 aliphatic heterocycles. The number of phosphoric acid groups is 1. The van der Waals surface area contributed by atoms with Crippen LogP contribution in [0.4, 0.5) is 0 Å². The van der Waals surface area contributed by atoms with E-state index in [-0.39, 0.29) is 6.61 Å². The number of aliphatic carboxylic acids is 1. The third kappa shape index (κ3) is 11.3. The lowest BCUT2D eigenvalue weighted by Crippen LogP contribution is -2.37. The standard InChI is InChI=1S/C5H14NO4P.C5H9NO3/c1-6(2,3)4-5-10-11(7,8)9;7-3-1-4(5(8)9)6-2-3/h4-5H2,1-3H3,(H-,7,8,9);3-4,6-7H,1-2H2,(H,8,9)/p+1/t;3-,4+/m.1/s1. The first-order valence-electron chi connectivity index (χ1n) is 6.05. The van der Waals surface area contributed by atoms with Gasteiger partial charge in [0.2, 0.25) is 0 Å². The van der Waals surface area contributed by atoms with Gasteiger partial charge in [-0.1, -0.05) is 0 Å². The first-order chi connectivity index (χ1) is 8.91. The van der Waals surface area contributed by atoms with E-state index in [1.807, 2.05) is 21.1 Å². The number of aliphatic hydroxyl groups is 1. The van der Waals surface area contributed by atoms with Crippen molar-refractivity contribution in [1.29, 1.82) is 0 Å². The minimum atomic E-state index is -4.26. The van der Waals surface area contributed by atoms with Crippen molar-refractivity contribution >= 4 is 13.8 Å². The van der Waals surface area contributed by atoms with Crippen molar-refractivity contribution in [1.82, 2.24) is 5.32 Å². The smallest absolute Gasteiger partial charge is 0.469 e. The van der Waals surface area contributed by atoms with E-state index in [0.29, 0.717) is 24.0 Å². The lowest BCUT2D eigenvalue weighted by molar-refractivity contribution is -0.870. The number of aliphatic hydroxyl groups excluding tert-OH is 1. The molecule has 0 bridgehead atoms. The van der Waals surface area contributed by atoms with Gasteiger partial charge in [-0.2, -0.15) is 0 Å². The number of hydrogen-bond donors (Lipinski definition) is 5. The second-order valence-corrected chi connectivity index (χ2v) is 6.77. The maximum Gasteiger partial charge on any atom is 0.469 e. The molecule has 0 aromatic rings. The van der Waals surface area contributed by atoms with Crippen LogP contribution in [0, 0.1) is 0 Å². The highest BCUT2D eigenvalue weighted by molar-refractivity contribution is 7.46. The Balaban J connectivity index is 0.000000367. The summed E-state index contributed by atoms with van der Waals surface area (Å²) in [4.78, 5) is 26.8. The van der Waals surface area contributed by atoms with E-state index in [0.717, 1.165) is 0 Å². The van der Waals surface area contributed by atoms with E-state index in [2.05, 4.69) is 9.84 Å². The fourth-order valence-electron chi connectivity index (χ4n) is 1.34. The molecule has 1 rings (SSSR count). The summed E-state index contributed by atoms with van der Waals surface area (Å²) in [5, 5.41) is 19.8. The average Bonchev–Trinajstić information content (AvgIpc) is 2.61. The quantitative estimate of drug-likeness (QED) is 0.308. The number of quaternary nitrogens is 1. The van der Waals surface area contributed by atoms with Crippen LogP contribution in [-0.2, 0) is 13.9 Å². The van der Waals surface area contributed by atoms with Crippen LogP contribution in [0.2, 0.25) is 0 Å². The first kappa shape index (κ1) is 19.5. The molecule has 5 N–H and O–H groups in total. The van der Waals surface area contributed by atoms with Gasteiger partial charge in [-0.15, -0.1) is 0 Å². The number of carbonyl (C=O) groups is 1. The van der Waals surface area contributed by atoms with Crippen molar-refractivity contribution in [3.8, 4) is 0 Å². The molecule has 0 aromatic heterocycles. The molecule has 120 valence electrons. The van der Waals surface area contributed by atoms with E-state index in [1.165, 1.54) is 0 Å². The number of carboxylic acids is 1. The highest BCUT2D eigenvalue weighted by Gasteiger charge is 2.27. The van der Waals surface area contributed by atoms with Crippen molar-refractivity contribution in [3.05, 3.63) is 0 Å². The maximum atomic E-state index is 10.2. The summed E-state index contributed by atoms with van der Waals surface area (Å²) in [7, 11) is 1.50.